The molecule has 0 unspecified atom stereocenters. The van der Waals surface area contributed by atoms with Gasteiger partial charge in [0, 0.05) is 72.4 Å². The molecular weight excluding hydrogens is 817 g/mol. The minimum atomic E-state index is -0.102. The fraction of sp³-hybridized carbons (Fsp3) is 0.276. The largest absolute Gasteiger partial charge is 0.382 e. The lowest BCUT2D eigenvalue weighted by Gasteiger charge is -2.26. The van der Waals surface area contributed by atoms with Crippen LogP contribution in [0.5, 0.6) is 0 Å². The molecule has 0 aliphatic carbocycles. The summed E-state index contributed by atoms with van der Waals surface area (Å²) in [7, 11) is 0. The molecule has 2 aliphatic heterocycles. The van der Waals surface area contributed by atoms with Crippen molar-refractivity contribution in [3.8, 4) is 11.4 Å². The number of rotatable bonds is 20. The SMILES string of the molecule is CCOCCCCCCN1C(=O)C2=C(c3ccc(-n4c5ccccc5c5ccccc54)cc3)N(CCCCCCOCC)C(=O)C2=C1c1ccc(-n2c3ccccc3c3ccccc32)cc1. The fourth-order valence-corrected chi connectivity index (χ4v) is 10.3. The molecule has 0 radical (unpaired) electrons. The Morgan fingerprint density at radius 3 is 1.03 bits per heavy atom. The van der Waals surface area contributed by atoms with Crippen molar-refractivity contribution in [2.24, 2.45) is 0 Å². The summed E-state index contributed by atoms with van der Waals surface area (Å²) in [5.41, 5.74) is 10.8. The number of fused-ring (bicyclic) bond motifs is 7. The van der Waals surface area contributed by atoms with E-state index in [0.29, 0.717) is 48.8 Å². The standard InChI is InChI=1S/C58H58N4O4/c1-3-65-39-19-7-5-17-37-59-55(41-29-33-43(34-30-41)61-49-25-13-9-21-45(49)46-22-10-14-26-50(46)61)53-54(57(59)63)56(60(58(53)64)38-18-6-8-20-40-66-4-2)42-31-35-44(36-32-42)62-51-27-15-11-23-47(51)48-24-12-16-28-52(48)62/h9-16,21-36H,3-8,17-20,37-40H2,1-2H3. The Morgan fingerprint density at radius 1 is 0.379 bits per heavy atom. The van der Waals surface area contributed by atoms with Crippen LogP contribution in [0, 0.1) is 0 Å². The van der Waals surface area contributed by atoms with Crippen molar-refractivity contribution in [2.45, 2.75) is 65.2 Å². The molecule has 0 saturated carbocycles. The van der Waals surface area contributed by atoms with E-state index in [1.165, 1.54) is 21.5 Å². The molecule has 2 aliphatic rings. The molecule has 8 nitrogen and oxygen atoms in total. The second-order valence-electron chi connectivity index (χ2n) is 17.4. The van der Waals surface area contributed by atoms with Crippen LogP contribution in [0.2, 0.25) is 0 Å². The molecule has 0 bridgehead atoms. The van der Waals surface area contributed by atoms with E-state index in [1.807, 2.05) is 23.6 Å². The molecule has 0 atom stereocenters. The maximum Gasteiger partial charge on any atom is 0.261 e. The van der Waals surface area contributed by atoms with Gasteiger partial charge in [-0.25, -0.2) is 0 Å². The van der Waals surface area contributed by atoms with Crippen molar-refractivity contribution in [1.29, 1.82) is 0 Å². The van der Waals surface area contributed by atoms with E-state index in [1.54, 1.807) is 0 Å². The second kappa shape index (κ2) is 19.4. The van der Waals surface area contributed by atoms with Crippen LogP contribution in [0.3, 0.4) is 0 Å². The monoisotopic (exact) mass is 874 g/mol. The van der Waals surface area contributed by atoms with Crippen LogP contribution in [0.15, 0.2) is 157 Å². The molecule has 66 heavy (non-hydrogen) atoms. The second-order valence-corrected chi connectivity index (χ2v) is 17.4. The number of nitrogens with zero attached hydrogens (tertiary/aromatic N) is 4. The average molecular weight is 875 g/mol. The number of hydrogen-bond acceptors (Lipinski definition) is 4. The van der Waals surface area contributed by atoms with Crippen molar-refractivity contribution in [3.05, 3.63) is 168 Å². The number of carbonyl (C=O) groups is 2. The van der Waals surface area contributed by atoms with Crippen LogP contribution in [-0.4, -0.2) is 70.3 Å². The van der Waals surface area contributed by atoms with Gasteiger partial charge in [-0.2, -0.15) is 0 Å². The van der Waals surface area contributed by atoms with Crippen LogP contribution in [0.25, 0.3) is 66.4 Å². The van der Waals surface area contributed by atoms with Gasteiger partial charge in [-0.05, 0) is 99.2 Å². The van der Waals surface area contributed by atoms with Gasteiger partial charge in [0.25, 0.3) is 11.8 Å². The number of ether oxygens (including phenoxy) is 2. The maximum absolute atomic E-state index is 15.2. The summed E-state index contributed by atoms with van der Waals surface area (Å²) in [6.07, 6.45) is 7.58. The summed E-state index contributed by atoms with van der Waals surface area (Å²) in [4.78, 5) is 34.3. The van der Waals surface area contributed by atoms with Crippen LogP contribution < -0.4 is 0 Å². The van der Waals surface area contributed by atoms with Crippen LogP contribution in [0.4, 0.5) is 0 Å². The van der Waals surface area contributed by atoms with Crippen molar-refractivity contribution >= 4 is 66.8 Å². The highest BCUT2D eigenvalue weighted by atomic mass is 16.5. The molecule has 2 amide bonds. The Morgan fingerprint density at radius 2 is 0.697 bits per heavy atom. The summed E-state index contributed by atoms with van der Waals surface area (Å²) >= 11 is 0. The van der Waals surface area contributed by atoms with Gasteiger partial charge >= 0.3 is 0 Å². The van der Waals surface area contributed by atoms with Crippen LogP contribution >= 0.6 is 0 Å². The minimum absolute atomic E-state index is 0.102. The quantitative estimate of drug-likeness (QED) is 0.0715. The highest BCUT2D eigenvalue weighted by Crippen LogP contribution is 2.47. The molecular formula is C58H58N4O4. The number of hydrogen-bond donors (Lipinski definition) is 0. The normalized spacial score (nSPS) is 14.2. The third kappa shape index (κ3) is 7.92. The number of aromatic nitrogens is 2. The van der Waals surface area contributed by atoms with Gasteiger partial charge in [0.2, 0.25) is 0 Å². The topological polar surface area (TPSA) is 68.9 Å². The Bertz CT molecular complexity index is 2800. The number of para-hydroxylation sites is 4. The zero-order valence-electron chi connectivity index (χ0n) is 38.2. The first kappa shape index (κ1) is 43.2. The van der Waals surface area contributed by atoms with E-state index >= 15 is 9.59 Å². The lowest BCUT2D eigenvalue weighted by Crippen LogP contribution is -2.31. The number of amides is 2. The van der Waals surface area contributed by atoms with Crippen LogP contribution in [-0.2, 0) is 19.1 Å². The highest BCUT2D eigenvalue weighted by Gasteiger charge is 2.48. The minimum Gasteiger partial charge on any atom is -0.382 e. The molecule has 2 aromatic heterocycles. The summed E-state index contributed by atoms with van der Waals surface area (Å²) in [5.74, 6) is -0.204. The molecule has 10 rings (SSSR count). The van der Waals surface area contributed by atoms with E-state index in [0.717, 1.165) is 109 Å². The summed E-state index contributed by atoms with van der Waals surface area (Å²) < 4.78 is 15.8. The zero-order valence-corrected chi connectivity index (χ0v) is 38.2. The summed E-state index contributed by atoms with van der Waals surface area (Å²) in [6.45, 7) is 8.02. The summed E-state index contributed by atoms with van der Waals surface area (Å²) in [6, 6.07) is 51.0. The molecule has 8 heteroatoms. The lowest BCUT2D eigenvalue weighted by atomic mass is 10.0. The van der Waals surface area contributed by atoms with E-state index in [2.05, 4.69) is 155 Å². The summed E-state index contributed by atoms with van der Waals surface area (Å²) in [5, 5.41) is 4.80. The molecule has 0 N–H and O–H groups in total. The number of benzene rings is 6. The van der Waals surface area contributed by atoms with Crippen molar-refractivity contribution in [2.75, 3.05) is 39.5 Å². The Hall–Kier alpha value is -6.74. The van der Waals surface area contributed by atoms with Crippen molar-refractivity contribution in [1.82, 2.24) is 18.9 Å². The molecule has 0 spiro atoms. The number of carbonyl (C=O) groups excluding carboxylic acids is 2. The van der Waals surface area contributed by atoms with Gasteiger partial charge in [-0.15, -0.1) is 0 Å². The Balaban J connectivity index is 1.06. The average Bonchev–Trinajstić information content (AvgIpc) is 4.06. The predicted molar refractivity (Wildman–Crippen MR) is 269 cm³/mol. The first-order valence-electron chi connectivity index (χ1n) is 24.0. The first-order valence-corrected chi connectivity index (χ1v) is 24.0. The lowest BCUT2D eigenvalue weighted by molar-refractivity contribution is -0.124. The molecule has 0 fully saturated rings. The molecule has 334 valence electrons. The number of unbranched alkanes of at least 4 members (excludes halogenated alkanes) is 6. The van der Waals surface area contributed by atoms with E-state index < -0.39 is 0 Å². The van der Waals surface area contributed by atoms with Gasteiger partial charge in [0.05, 0.1) is 44.6 Å². The van der Waals surface area contributed by atoms with Gasteiger partial charge in [0.1, 0.15) is 0 Å². The van der Waals surface area contributed by atoms with Gasteiger partial charge < -0.3 is 28.4 Å². The van der Waals surface area contributed by atoms with E-state index in [4.69, 9.17) is 9.47 Å². The van der Waals surface area contributed by atoms with Gasteiger partial charge in [-0.1, -0.05) is 123 Å². The molecule has 8 aromatic rings. The predicted octanol–water partition coefficient (Wildman–Crippen LogP) is 12.9. The smallest absolute Gasteiger partial charge is 0.261 e. The van der Waals surface area contributed by atoms with Crippen molar-refractivity contribution in [3.63, 3.8) is 0 Å². The van der Waals surface area contributed by atoms with Crippen LogP contribution in [0.1, 0.15) is 76.3 Å². The highest BCUT2D eigenvalue weighted by molar-refractivity contribution is 6.30. The fourth-order valence-electron chi connectivity index (χ4n) is 10.3. The first-order chi connectivity index (χ1) is 32.6. The Kier molecular flexibility index (Phi) is 12.7. The zero-order chi connectivity index (χ0) is 45.0. The van der Waals surface area contributed by atoms with E-state index in [-0.39, 0.29) is 11.8 Å². The van der Waals surface area contributed by atoms with Gasteiger partial charge in [-0.3, -0.25) is 9.59 Å². The Labute approximate surface area is 387 Å². The van der Waals surface area contributed by atoms with Crippen molar-refractivity contribution < 1.29 is 19.1 Å². The third-order valence-electron chi connectivity index (χ3n) is 13.4. The molecule has 0 saturated heterocycles. The van der Waals surface area contributed by atoms with E-state index in [9.17, 15) is 0 Å². The molecule has 6 aromatic carbocycles. The third-order valence-corrected chi connectivity index (χ3v) is 13.4. The molecule has 4 heterocycles. The van der Waals surface area contributed by atoms with Gasteiger partial charge in [0.15, 0.2) is 0 Å². The maximum atomic E-state index is 15.2.